The molecule has 0 amide bonds. The third-order valence-electron chi connectivity index (χ3n) is 3.89. The quantitative estimate of drug-likeness (QED) is 0.189. The Hall–Kier alpha value is -1.31. The summed E-state index contributed by atoms with van der Waals surface area (Å²) in [5.41, 5.74) is -0.380. The monoisotopic (exact) mass is 348 g/mol. The molecule has 0 aromatic rings. The highest BCUT2D eigenvalue weighted by molar-refractivity contribution is 5.75. The summed E-state index contributed by atoms with van der Waals surface area (Å²) in [5.74, 6) is -0.0912. The van der Waals surface area contributed by atoms with Crippen LogP contribution in [0.3, 0.4) is 0 Å². The van der Waals surface area contributed by atoms with Crippen molar-refractivity contribution in [2.24, 2.45) is 5.41 Å². The first-order valence-corrected chi connectivity index (χ1v) is 10.1. The van der Waals surface area contributed by atoms with Crippen LogP contribution in [0, 0.1) is 5.41 Å². The maximum absolute atomic E-state index is 11.6. The molecular formula is C23H40O2. The molecular weight excluding hydrogens is 308 g/mol. The fraction of sp³-hybridized carbons (Fsp3) is 0.696. The molecule has 0 aromatic carbocycles. The Balaban J connectivity index is 3.32. The van der Waals surface area contributed by atoms with Crippen molar-refractivity contribution in [1.29, 1.82) is 0 Å². The van der Waals surface area contributed by atoms with E-state index in [2.05, 4.69) is 43.4 Å². The maximum atomic E-state index is 11.6. The molecule has 0 heterocycles. The summed E-state index contributed by atoms with van der Waals surface area (Å²) in [7, 11) is 0. The third kappa shape index (κ3) is 17.3. The summed E-state index contributed by atoms with van der Waals surface area (Å²) in [6.45, 7) is 8.41. The third-order valence-corrected chi connectivity index (χ3v) is 3.89. The number of unbranched alkanes of at least 4 members (excludes halogenated alkanes) is 6. The molecule has 0 saturated heterocycles. The van der Waals surface area contributed by atoms with Gasteiger partial charge in [-0.05, 0) is 59.3 Å². The lowest BCUT2D eigenvalue weighted by Gasteiger charge is -2.16. The van der Waals surface area contributed by atoms with Gasteiger partial charge in [-0.3, -0.25) is 4.79 Å². The van der Waals surface area contributed by atoms with E-state index >= 15 is 0 Å². The van der Waals surface area contributed by atoms with Crippen molar-refractivity contribution >= 4 is 5.97 Å². The van der Waals surface area contributed by atoms with Crippen LogP contribution in [-0.4, -0.2) is 12.6 Å². The van der Waals surface area contributed by atoms with E-state index < -0.39 is 0 Å². The van der Waals surface area contributed by atoms with Crippen molar-refractivity contribution < 1.29 is 9.53 Å². The van der Waals surface area contributed by atoms with Gasteiger partial charge in [0.2, 0.25) is 0 Å². The highest BCUT2D eigenvalue weighted by Gasteiger charge is 2.22. The van der Waals surface area contributed by atoms with E-state index in [0.29, 0.717) is 6.61 Å². The number of carbonyl (C=O) groups excluding carboxylic acids is 1. The topological polar surface area (TPSA) is 26.3 Å². The molecule has 0 unspecified atom stereocenters. The number of hydrogen-bond donors (Lipinski definition) is 0. The van der Waals surface area contributed by atoms with Gasteiger partial charge in [-0.2, -0.15) is 0 Å². The molecule has 144 valence electrons. The van der Waals surface area contributed by atoms with Gasteiger partial charge in [0.15, 0.2) is 0 Å². The second-order valence-electron chi connectivity index (χ2n) is 7.59. The number of ether oxygens (including phenoxy) is 1. The second kappa shape index (κ2) is 16.2. The van der Waals surface area contributed by atoms with Gasteiger partial charge in [0, 0.05) is 0 Å². The molecule has 0 aliphatic rings. The lowest BCUT2D eigenvalue weighted by molar-refractivity contribution is -0.153. The summed E-state index contributed by atoms with van der Waals surface area (Å²) >= 11 is 0. The molecule has 0 aliphatic carbocycles. The molecule has 0 aromatic heterocycles. The Bertz CT molecular complexity index is 397. The Morgan fingerprint density at radius 2 is 1.28 bits per heavy atom. The molecule has 2 nitrogen and oxygen atoms in total. The minimum atomic E-state index is -0.380. The summed E-state index contributed by atoms with van der Waals surface area (Å²) in [4.78, 5) is 11.6. The predicted octanol–water partition coefficient (Wildman–Crippen LogP) is 7.17. The first kappa shape index (κ1) is 23.7. The predicted molar refractivity (Wildman–Crippen MR) is 110 cm³/mol. The van der Waals surface area contributed by atoms with Gasteiger partial charge in [-0.25, -0.2) is 0 Å². The van der Waals surface area contributed by atoms with E-state index in [1.54, 1.807) is 0 Å². The highest BCUT2D eigenvalue weighted by atomic mass is 16.5. The molecule has 2 heteroatoms. The zero-order valence-electron chi connectivity index (χ0n) is 17.1. The minimum absolute atomic E-state index is 0.0912. The molecule has 0 radical (unpaired) electrons. The van der Waals surface area contributed by atoms with Gasteiger partial charge < -0.3 is 4.74 Å². The van der Waals surface area contributed by atoms with Crippen molar-refractivity contribution in [1.82, 2.24) is 0 Å². The van der Waals surface area contributed by atoms with E-state index in [1.165, 1.54) is 32.1 Å². The van der Waals surface area contributed by atoms with Gasteiger partial charge in [0.05, 0.1) is 12.0 Å². The summed E-state index contributed by atoms with van der Waals surface area (Å²) in [6, 6.07) is 0. The first-order valence-electron chi connectivity index (χ1n) is 10.1. The van der Waals surface area contributed by atoms with Gasteiger partial charge >= 0.3 is 5.97 Å². The zero-order chi connectivity index (χ0) is 18.8. The Morgan fingerprint density at radius 3 is 1.88 bits per heavy atom. The average molecular weight is 349 g/mol. The lowest BCUT2D eigenvalue weighted by Crippen LogP contribution is -2.23. The van der Waals surface area contributed by atoms with E-state index in [4.69, 9.17) is 4.74 Å². The Morgan fingerprint density at radius 1 is 0.760 bits per heavy atom. The van der Waals surface area contributed by atoms with Crippen molar-refractivity contribution in [2.45, 2.75) is 91.9 Å². The molecule has 0 spiro atoms. The SMILES string of the molecule is CC/C=C\C/C=C\C/C=C\CCCCCCCCOC(=O)C(C)(C)C. The van der Waals surface area contributed by atoms with Crippen molar-refractivity contribution in [2.75, 3.05) is 6.61 Å². The van der Waals surface area contributed by atoms with Crippen LogP contribution in [0.1, 0.15) is 91.9 Å². The van der Waals surface area contributed by atoms with Crippen LogP contribution in [0.2, 0.25) is 0 Å². The fourth-order valence-electron chi connectivity index (χ4n) is 2.28. The lowest BCUT2D eigenvalue weighted by atomic mass is 9.97. The number of rotatable bonds is 14. The molecule has 0 saturated carbocycles. The maximum Gasteiger partial charge on any atom is 0.311 e. The number of allylic oxidation sites excluding steroid dienone is 6. The van der Waals surface area contributed by atoms with Crippen LogP contribution >= 0.6 is 0 Å². The molecule has 0 fully saturated rings. The first-order chi connectivity index (χ1) is 12.0. The number of carbonyl (C=O) groups is 1. The zero-order valence-corrected chi connectivity index (χ0v) is 17.1. The van der Waals surface area contributed by atoms with Gasteiger partial charge in [-0.1, -0.05) is 69.1 Å². The molecule has 0 aliphatic heterocycles. The van der Waals surface area contributed by atoms with Crippen LogP contribution in [0.4, 0.5) is 0 Å². The van der Waals surface area contributed by atoms with Crippen LogP contribution in [0.25, 0.3) is 0 Å². The van der Waals surface area contributed by atoms with E-state index in [-0.39, 0.29) is 11.4 Å². The van der Waals surface area contributed by atoms with Gasteiger partial charge in [0.1, 0.15) is 0 Å². The molecule has 0 atom stereocenters. The Kier molecular flexibility index (Phi) is 15.3. The summed E-state index contributed by atoms with van der Waals surface area (Å²) in [5, 5.41) is 0. The van der Waals surface area contributed by atoms with Crippen LogP contribution in [-0.2, 0) is 9.53 Å². The summed E-state index contributed by atoms with van der Waals surface area (Å²) in [6.07, 6.45) is 25.1. The van der Waals surface area contributed by atoms with Crippen LogP contribution in [0.15, 0.2) is 36.5 Å². The van der Waals surface area contributed by atoms with Crippen LogP contribution < -0.4 is 0 Å². The van der Waals surface area contributed by atoms with E-state index in [1.807, 2.05) is 20.8 Å². The molecule has 0 rings (SSSR count). The fourth-order valence-corrected chi connectivity index (χ4v) is 2.28. The van der Waals surface area contributed by atoms with Crippen LogP contribution in [0.5, 0.6) is 0 Å². The van der Waals surface area contributed by atoms with Crippen molar-refractivity contribution in [3.8, 4) is 0 Å². The van der Waals surface area contributed by atoms with E-state index in [9.17, 15) is 4.79 Å². The standard InChI is InChI=1S/C23H40O2/c1-5-6-7-8-9-10-11-12-13-14-15-16-17-18-19-20-21-25-22(24)23(2,3)4/h6-7,9-10,12-13H,5,8,11,14-21H2,1-4H3/b7-6-,10-9-,13-12-. The largest absolute Gasteiger partial charge is 0.465 e. The molecule has 0 bridgehead atoms. The minimum Gasteiger partial charge on any atom is -0.465 e. The normalized spacial score (nSPS) is 12.6. The van der Waals surface area contributed by atoms with Gasteiger partial charge in [0.25, 0.3) is 0 Å². The summed E-state index contributed by atoms with van der Waals surface area (Å²) < 4.78 is 5.27. The highest BCUT2D eigenvalue weighted by Crippen LogP contribution is 2.15. The van der Waals surface area contributed by atoms with Gasteiger partial charge in [-0.15, -0.1) is 0 Å². The smallest absolute Gasteiger partial charge is 0.311 e. The second-order valence-corrected chi connectivity index (χ2v) is 7.59. The molecule has 0 N–H and O–H groups in total. The average Bonchev–Trinajstić information content (AvgIpc) is 2.56. The number of esters is 1. The number of hydrogen-bond acceptors (Lipinski definition) is 2. The molecule has 25 heavy (non-hydrogen) atoms. The van der Waals surface area contributed by atoms with Crippen molar-refractivity contribution in [3.05, 3.63) is 36.5 Å². The van der Waals surface area contributed by atoms with E-state index in [0.717, 1.165) is 32.1 Å². The van der Waals surface area contributed by atoms with Crippen molar-refractivity contribution in [3.63, 3.8) is 0 Å². The Labute approximate surface area is 156 Å².